The number of hydrazone groups is 1. The second kappa shape index (κ2) is 10.6. The van der Waals surface area contributed by atoms with E-state index in [4.69, 9.17) is 38.1 Å². The number of ether oxygens (including phenoxy) is 1. The van der Waals surface area contributed by atoms with Crippen molar-refractivity contribution >= 4 is 40.8 Å². The van der Waals surface area contributed by atoms with Gasteiger partial charge in [0.2, 0.25) is 5.95 Å². The van der Waals surface area contributed by atoms with Gasteiger partial charge >= 0.3 is 11.7 Å². The zero-order valence-corrected chi connectivity index (χ0v) is 23.4. The van der Waals surface area contributed by atoms with Gasteiger partial charge in [-0.2, -0.15) is 9.78 Å². The zero-order chi connectivity index (χ0) is 27.9. The number of hydrogen-bond donors (Lipinski definition) is 0. The first-order valence-corrected chi connectivity index (χ1v) is 14.0. The monoisotopic (exact) mass is 575 g/mol. The van der Waals surface area contributed by atoms with E-state index in [0.717, 1.165) is 24.1 Å². The van der Waals surface area contributed by atoms with Crippen molar-refractivity contribution < 1.29 is 9.53 Å². The fourth-order valence-corrected chi connectivity index (χ4v) is 5.95. The highest BCUT2D eigenvalue weighted by molar-refractivity contribution is 6.31. The van der Waals surface area contributed by atoms with Crippen molar-refractivity contribution in [1.29, 1.82) is 0 Å². The standard InChI is InChI=1S/C30H27Cl2N5O3/c1-2-40-26(38)16-18-35-28(34-37(29(35)39)24-13-11-23(32)12-14-24)36-19-30(17-15-20-5-3-4-6-25(20)30)27(33-36)21-7-9-22(31)10-8-21/h3-14H,2,15-19H2,1H3/t30-/m0/s1. The van der Waals surface area contributed by atoms with Crippen LogP contribution in [0.15, 0.2) is 82.7 Å². The summed E-state index contributed by atoms with van der Waals surface area (Å²) in [6.07, 6.45) is 1.82. The largest absolute Gasteiger partial charge is 0.466 e. The quantitative estimate of drug-likeness (QED) is 0.275. The van der Waals surface area contributed by atoms with Crippen LogP contribution >= 0.6 is 23.2 Å². The smallest absolute Gasteiger partial charge is 0.352 e. The molecule has 204 valence electrons. The lowest BCUT2D eigenvalue weighted by atomic mass is 9.75. The molecule has 2 aliphatic rings. The van der Waals surface area contributed by atoms with Crippen molar-refractivity contribution in [1.82, 2.24) is 14.3 Å². The van der Waals surface area contributed by atoms with Crippen LogP contribution in [0.1, 0.15) is 36.5 Å². The van der Waals surface area contributed by atoms with Gasteiger partial charge in [0.25, 0.3) is 0 Å². The molecule has 1 aliphatic carbocycles. The Hall–Kier alpha value is -3.88. The molecule has 0 N–H and O–H groups in total. The van der Waals surface area contributed by atoms with Gasteiger partial charge in [0.15, 0.2) is 0 Å². The normalized spacial score (nSPS) is 17.8. The van der Waals surface area contributed by atoms with Gasteiger partial charge in [0.1, 0.15) is 0 Å². The number of aromatic nitrogens is 3. The van der Waals surface area contributed by atoms with Gasteiger partial charge in [0.05, 0.1) is 36.4 Å². The number of aryl methyl sites for hydroxylation is 1. The number of carbonyl (C=O) groups is 1. The van der Waals surface area contributed by atoms with Gasteiger partial charge in [-0.1, -0.05) is 59.6 Å². The van der Waals surface area contributed by atoms with Gasteiger partial charge in [-0.05, 0) is 72.9 Å². The molecule has 0 bridgehead atoms. The first kappa shape index (κ1) is 26.3. The predicted molar refractivity (Wildman–Crippen MR) is 156 cm³/mol. The maximum absolute atomic E-state index is 13.7. The number of anilines is 1. The van der Waals surface area contributed by atoms with Crippen LogP contribution in [-0.2, 0) is 27.9 Å². The maximum atomic E-state index is 13.7. The Morgan fingerprint density at radius 1 is 1.00 bits per heavy atom. The van der Waals surface area contributed by atoms with Crippen LogP contribution in [-0.4, -0.2) is 39.2 Å². The first-order valence-electron chi connectivity index (χ1n) is 13.2. The maximum Gasteiger partial charge on any atom is 0.352 e. The molecule has 8 nitrogen and oxygen atoms in total. The van der Waals surface area contributed by atoms with Crippen LogP contribution < -0.4 is 10.7 Å². The third-order valence-electron chi connectivity index (χ3n) is 7.56. The third kappa shape index (κ3) is 4.61. The summed E-state index contributed by atoms with van der Waals surface area (Å²) in [6, 6.07) is 23.0. The Balaban J connectivity index is 1.48. The number of carbonyl (C=O) groups excluding carboxylic acids is 1. The van der Waals surface area contributed by atoms with E-state index < -0.39 is 5.41 Å². The molecular formula is C30H27Cl2N5O3. The average Bonchev–Trinajstić information content (AvgIpc) is 3.63. The van der Waals surface area contributed by atoms with E-state index in [1.165, 1.54) is 20.4 Å². The Kier molecular flexibility index (Phi) is 6.98. The highest BCUT2D eigenvalue weighted by Crippen LogP contribution is 2.46. The molecule has 0 fully saturated rings. The summed E-state index contributed by atoms with van der Waals surface area (Å²) in [5.41, 5.74) is 4.17. The van der Waals surface area contributed by atoms with Gasteiger partial charge in [-0.15, -0.1) is 5.10 Å². The van der Waals surface area contributed by atoms with Crippen LogP contribution in [0.5, 0.6) is 0 Å². The summed E-state index contributed by atoms with van der Waals surface area (Å²) in [5, 5.41) is 12.8. The fraction of sp³-hybridized carbons (Fsp3) is 0.267. The Morgan fingerprint density at radius 2 is 1.70 bits per heavy atom. The van der Waals surface area contributed by atoms with Gasteiger partial charge < -0.3 is 4.74 Å². The minimum absolute atomic E-state index is 0.0304. The molecule has 1 spiro atoms. The number of fused-ring (bicyclic) bond motifs is 2. The highest BCUT2D eigenvalue weighted by Gasteiger charge is 2.49. The van der Waals surface area contributed by atoms with Gasteiger partial charge in [-0.25, -0.2) is 9.80 Å². The SMILES string of the molecule is CCOC(=O)CCn1c(N2C[C@]3(CCc4ccccc43)C(c3ccc(Cl)cc3)=N2)nn(-c2ccc(Cl)cc2)c1=O. The second-order valence-corrected chi connectivity index (χ2v) is 10.8. The lowest BCUT2D eigenvalue weighted by Crippen LogP contribution is -2.37. The molecule has 1 aromatic heterocycles. The average molecular weight is 576 g/mol. The zero-order valence-electron chi connectivity index (χ0n) is 21.9. The molecular weight excluding hydrogens is 549 g/mol. The van der Waals surface area contributed by atoms with Crippen LogP contribution in [0.3, 0.4) is 0 Å². The Labute approximate surface area is 241 Å². The van der Waals surface area contributed by atoms with Crippen LogP contribution in [0.25, 0.3) is 5.69 Å². The molecule has 3 aromatic carbocycles. The number of halogens is 2. The van der Waals surface area contributed by atoms with Gasteiger partial charge in [0, 0.05) is 16.6 Å². The summed E-state index contributed by atoms with van der Waals surface area (Å²) < 4.78 is 7.94. The number of rotatable bonds is 7. The van der Waals surface area contributed by atoms with E-state index in [1.807, 2.05) is 24.3 Å². The summed E-state index contributed by atoms with van der Waals surface area (Å²) in [5.74, 6) is -0.0236. The molecule has 2 heterocycles. The number of benzene rings is 3. The van der Waals surface area contributed by atoms with E-state index in [1.54, 1.807) is 36.2 Å². The number of nitrogens with zero attached hydrogens (tertiary/aromatic N) is 5. The number of hydrogen-bond acceptors (Lipinski definition) is 6. The van der Waals surface area contributed by atoms with E-state index in [0.29, 0.717) is 28.2 Å². The molecule has 6 rings (SSSR count). The summed E-state index contributed by atoms with van der Waals surface area (Å²) in [6.45, 7) is 2.63. The molecule has 0 amide bonds. The van der Waals surface area contributed by atoms with Crippen molar-refractivity contribution in [3.05, 3.63) is 110 Å². The molecule has 1 aliphatic heterocycles. The topological polar surface area (TPSA) is 81.7 Å². The molecule has 40 heavy (non-hydrogen) atoms. The predicted octanol–water partition coefficient (Wildman–Crippen LogP) is 5.40. The molecule has 10 heteroatoms. The van der Waals surface area contributed by atoms with E-state index in [9.17, 15) is 9.59 Å². The summed E-state index contributed by atoms with van der Waals surface area (Å²) in [4.78, 5) is 25.9. The second-order valence-electron chi connectivity index (χ2n) is 9.93. The van der Waals surface area contributed by atoms with Crippen LogP contribution in [0.4, 0.5) is 5.95 Å². The molecule has 1 atom stereocenters. The van der Waals surface area contributed by atoms with Gasteiger partial charge in [-0.3, -0.25) is 9.36 Å². The van der Waals surface area contributed by atoms with Crippen molar-refractivity contribution in [3.8, 4) is 5.69 Å². The lowest BCUT2D eigenvalue weighted by molar-refractivity contribution is -0.143. The third-order valence-corrected chi connectivity index (χ3v) is 8.06. The summed E-state index contributed by atoms with van der Waals surface area (Å²) >= 11 is 12.3. The molecule has 0 radical (unpaired) electrons. The molecule has 0 saturated carbocycles. The molecule has 0 unspecified atom stereocenters. The lowest BCUT2D eigenvalue weighted by Gasteiger charge is -2.27. The number of esters is 1. The molecule has 0 saturated heterocycles. The highest BCUT2D eigenvalue weighted by atomic mass is 35.5. The van der Waals surface area contributed by atoms with E-state index in [-0.39, 0.29) is 31.2 Å². The van der Waals surface area contributed by atoms with E-state index >= 15 is 0 Å². The Morgan fingerprint density at radius 3 is 2.42 bits per heavy atom. The minimum Gasteiger partial charge on any atom is -0.466 e. The van der Waals surface area contributed by atoms with Crippen molar-refractivity contribution in [2.24, 2.45) is 5.10 Å². The van der Waals surface area contributed by atoms with Crippen molar-refractivity contribution in [3.63, 3.8) is 0 Å². The fourth-order valence-electron chi connectivity index (χ4n) is 5.70. The minimum atomic E-state index is -0.392. The first-order chi connectivity index (χ1) is 19.4. The van der Waals surface area contributed by atoms with Crippen LogP contribution in [0.2, 0.25) is 10.0 Å². The van der Waals surface area contributed by atoms with Crippen molar-refractivity contribution in [2.45, 2.75) is 38.1 Å². The van der Waals surface area contributed by atoms with Crippen molar-refractivity contribution in [2.75, 3.05) is 18.2 Å². The summed E-state index contributed by atoms with van der Waals surface area (Å²) in [7, 11) is 0. The Bertz CT molecular complexity index is 1660. The van der Waals surface area contributed by atoms with Crippen LogP contribution in [0, 0.1) is 0 Å². The molecule has 4 aromatic rings. The van der Waals surface area contributed by atoms with E-state index in [2.05, 4.69) is 24.3 Å².